The van der Waals surface area contributed by atoms with Crippen molar-refractivity contribution in [3.05, 3.63) is 64.2 Å². The molecule has 0 aliphatic carbocycles. The maximum atomic E-state index is 6.22. The number of halogens is 4. The van der Waals surface area contributed by atoms with E-state index in [1.807, 2.05) is 25.1 Å². The van der Waals surface area contributed by atoms with E-state index < -0.39 is 0 Å². The average Bonchev–Trinajstić information content (AvgIpc) is 2.25. The Morgan fingerprint density at radius 2 is 1.41 bits per heavy atom. The van der Waals surface area contributed by atoms with E-state index in [4.69, 9.17) is 34.8 Å². The van der Waals surface area contributed by atoms with Gasteiger partial charge in [0.2, 0.25) is 0 Å². The molecule has 0 nitrogen and oxygen atoms in total. The molecule has 0 fully saturated rings. The van der Waals surface area contributed by atoms with Gasteiger partial charge in [0.15, 0.2) is 0 Å². The quantitative estimate of drug-likeness (QED) is 0.537. The second kappa shape index (κ2) is 5.79. The second-order valence-corrected chi connectivity index (χ2v) is 7.69. The third-order valence-electron chi connectivity index (χ3n) is 2.16. The monoisotopic (exact) mass is 397 g/mol. The van der Waals surface area contributed by atoms with Gasteiger partial charge in [0.25, 0.3) is 0 Å². The molecule has 0 amide bonds. The molecule has 2 aromatic carbocycles. The first-order valence-electron chi connectivity index (χ1n) is 4.92. The fourth-order valence-electron chi connectivity index (χ4n) is 1.33. The van der Waals surface area contributed by atoms with Crippen LogP contribution in [0.1, 0.15) is 5.56 Å². The summed E-state index contributed by atoms with van der Waals surface area (Å²) >= 11 is 17.9. The molecular weight excluding hydrogens is 389 g/mol. The minimum absolute atomic E-state index is 0.363. The Labute approximate surface area is 126 Å². The Balaban J connectivity index is 2.31. The molecule has 0 N–H and O–H groups in total. The molecule has 0 unspecified atom stereocenters. The van der Waals surface area contributed by atoms with Crippen LogP contribution in [-0.2, 0) is 0 Å². The number of hydrogen-bond donors (Lipinski definition) is 0. The Morgan fingerprint density at radius 3 is 2.00 bits per heavy atom. The van der Waals surface area contributed by atoms with Crippen molar-refractivity contribution in [3.8, 4) is 0 Å². The molecule has 0 aromatic heterocycles. The Morgan fingerprint density at radius 1 is 0.824 bits per heavy atom. The number of benzene rings is 2. The number of hydrogen-bond acceptors (Lipinski definition) is 0. The summed E-state index contributed by atoms with van der Waals surface area (Å²) in [4.78, 5) is 0. The van der Waals surface area contributed by atoms with Crippen molar-refractivity contribution in [2.45, 2.75) is 6.92 Å². The molecule has 0 saturated carbocycles. The van der Waals surface area contributed by atoms with Crippen LogP contribution < -0.4 is 21.2 Å². The first-order valence-corrected chi connectivity index (χ1v) is 8.21. The summed E-state index contributed by atoms with van der Waals surface area (Å²) in [5.74, 6) is 0. The topological polar surface area (TPSA) is 0 Å². The first kappa shape index (κ1) is 13.5. The van der Waals surface area contributed by atoms with Crippen molar-refractivity contribution in [1.82, 2.24) is 0 Å². The van der Waals surface area contributed by atoms with Crippen LogP contribution in [0.2, 0.25) is 15.1 Å². The average molecular weight is 398 g/mol. The SMILES string of the molecule is Cc1ccc([I-]c2ccc(Cl)cc2Cl)c(Cl)c1. The maximum absolute atomic E-state index is 6.22. The molecule has 0 atom stereocenters. The van der Waals surface area contributed by atoms with Crippen LogP contribution in [0.15, 0.2) is 36.4 Å². The van der Waals surface area contributed by atoms with E-state index in [0.29, 0.717) is 5.02 Å². The van der Waals surface area contributed by atoms with Crippen LogP contribution in [0.25, 0.3) is 0 Å². The minimum atomic E-state index is -0.363. The molecule has 0 radical (unpaired) electrons. The van der Waals surface area contributed by atoms with Gasteiger partial charge in [-0.1, -0.05) is 0 Å². The van der Waals surface area contributed by atoms with E-state index in [2.05, 4.69) is 12.1 Å². The van der Waals surface area contributed by atoms with Crippen LogP contribution in [0.3, 0.4) is 0 Å². The van der Waals surface area contributed by atoms with Crippen LogP contribution in [0.4, 0.5) is 0 Å². The zero-order chi connectivity index (χ0) is 12.4. The van der Waals surface area contributed by atoms with Crippen molar-refractivity contribution in [2.75, 3.05) is 0 Å². The van der Waals surface area contributed by atoms with Crippen molar-refractivity contribution in [2.24, 2.45) is 0 Å². The van der Waals surface area contributed by atoms with Crippen molar-refractivity contribution in [1.29, 1.82) is 0 Å². The summed E-state index contributed by atoms with van der Waals surface area (Å²) in [6.07, 6.45) is 0. The standard InChI is InChI=1S/C13H9Cl3I/c1-8-2-4-12(10(15)6-8)17-13-5-3-9(14)7-11(13)16/h2-7H,1H3/q-1. The van der Waals surface area contributed by atoms with Gasteiger partial charge in [0.05, 0.1) is 0 Å². The summed E-state index contributed by atoms with van der Waals surface area (Å²) in [7, 11) is 0. The van der Waals surface area contributed by atoms with Crippen LogP contribution in [0, 0.1) is 14.1 Å². The van der Waals surface area contributed by atoms with Gasteiger partial charge in [-0.15, -0.1) is 0 Å². The first-order chi connectivity index (χ1) is 8.06. The Bertz CT molecular complexity index is 503. The molecule has 17 heavy (non-hydrogen) atoms. The van der Waals surface area contributed by atoms with E-state index in [1.54, 1.807) is 6.07 Å². The molecule has 2 aromatic rings. The predicted octanol–water partition coefficient (Wildman–Crippen LogP) is 2.08. The van der Waals surface area contributed by atoms with Gasteiger partial charge in [-0.3, -0.25) is 0 Å². The molecule has 0 aliphatic rings. The molecule has 0 saturated heterocycles. The molecule has 2 rings (SSSR count). The zero-order valence-electron chi connectivity index (χ0n) is 8.98. The van der Waals surface area contributed by atoms with Gasteiger partial charge >= 0.3 is 127 Å². The van der Waals surface area contributed by atoms with Gasteiger partial charge < -0.3 is 0 Å². The van der Waals surface area contributed by atoms with Crippen molar-refractivity contribution < 1.29 is 21.2 Å². The van der Waals surface area contributed by atoms with Gasteiger partial charge in [-0.05, 0) is 0 Å². The van der Waals surface area contributed by atoms with Crippen LogP contribution in [0.5, 0.6) is 0 Å². The Hall–Kier alpha value is 0.0400. The molecule has 0 heterocycles. The van der Waals surface area contributed by atoms with E-state index in [9.17, 15) is 0 Å². The van der Waals surface area contributed by atoms with Crippen LogP contribution in [-0.4, -0.2) is 0 Å². The zero-order valence-corrected chi connectivity index (χ0v) is 13.4. The molecule has 0 spiro atoms. The summed E-state index contributed by atoms with van der Waals surface area (Å²) < 4.78 is 2.32. The fraction of sp³-hybridized carbons (Fsp3) is 0.0769. The van der Waals surface area contributed by atoms with Crippen molar-refractivity contribution >= 4 is 34.8 Å². The van der Waals surface area contributed by atoms with Gasteiger partial charge in [0, 0.05) is 0 Å². The second-order valence-electron chi connectivity index (χ2n) is 3.57. The van der Waals surface area contributed by atoms with E-state index >= 15 is 0 Å². The Kier molecular flexibility index (Phi) is 4.59. The van der Waals surface area contributed by atoms with E-state index in [0.717, 1.165) is 13.6 Å². The van der Waals surface area contributed by atoms with Crippen LogP contribution >= 0.6 is 34.8 Å². The molecular formula is C13H9Cl3I-. The van der Waals surface area contributed by atoms with Crippen molar-refractivity contribution in [3.63, 3.8) is 0 Å². The molecule has 4 heteroatoms. The van der Waals surface area contributed by atoms with E-state index in [1.165, 1.54) is 9.13 Å². The van der Waals surface area contributed by atoms with Gasteiger partial charge in [0.1, 0.15) is 0 Å². The van der Waals surface area contributed by atoms with E-state index in [-0.39, 0.29) is 21.2 Å². The number of rotatable bonds is 2. The summed E-state index contributed by atoms with van der Waals surface area (Å²) in [6.45, 7) is 2.03. The summed E-state index contributed by atoms with van der Waals surface area (Å²) in [5, 5.41) is 2.21. The predicted molar refractivity (Wildman–Crippen MR) is 70.0 cm³/mol. The summed E-state index contributed by atoms with van der Waals surface area (Å²) in [5.41, 5.74) is 1.17. The number of aryl methyl sites for hydroxylation is 1. The third-order valence-corrected chi connectivity index (χ3v) is 6.70. The normalized spacial score (nSPS) is 10.8. The molecule has 0 bridgehead atoms. The fourth-order valence-corrected chi connectivity index (χ4v) is 4.63. The third kappa shape index (κ3) is 3.50. The van der Waals surface area contributed by atoms with Gasteiger partial charge in [-0.2, -0.15) is 0 Å². The summed E-state index contributed by atoms with van der Waals surface area (Å²) in [6, 6.07) is 11.8. The van der Waals surface area contributed by atoms with Gasteiger partial charge in [-0.25, -0.2) is 0 Å². The molecule has 0 aliphatic heterocycles. The molecule has 90 valence electrons.